The molecule has 2 aromatic carbocycles. The van der Waals surface area contributed by atoms with Crippen molar-refractivity contribution in [3.05, 3.63) is 66.5 Å². The van der Waals surface area contributed by atoms with Crippen molar-refractivity contribution in [2.75, 3.05) is 19.5 Å². The maximum atomic E-state index is 14.4. The number of anilines is 1. The fourth-order valence-corrected chi connectivity index (χ4v) is 3.11. The molecule has 0 aliphatic heterocycles. The molecule has 0 atom stereocenters. The van der Waals surface area contributed by atoms with E-state index < -0.39 is 11.6 Å². The van der Waals surface area contributed by atoms with Gasteiger partial charge in [0, 0.05) is 47.6 Å². The van der Waals surface area contributed by atoms with Gasteiger partial charge in [-0.3, -0.25) is 4.98 Å². The Labute approximate surface area is 160 Å². The summed E-state index contributed by atoms with van der Waals surface area (Å²) in [6.45, 7) is 0. The zero-order valence-electron chi connectivity index (χ0n) is 15.2. The summed E-state index contributed by atoms with van der Waals surface area (Å²) in [6, 6.07) is 10.6. The zero-order chi connectivity index (χ0) is 19.7. The van der Waals surface area contributed by atoms with Gasteiger partial charge in [-0.05, 0) is 36.4 Å². The van der Waals surface area contributed by atoms with E-state index in [1.54, 1.807) is 37.6 Å². The molecule has 0 fully saturated rings. The molecule has 0 bridgehead atoms. The molecule has 0 saturated heterocycles. The SMILES string of the molecule is CNc1nc(-c2cccnc2)nc2c(OC)c(-c3ccc(F)cc3F)ccc12. The number of halogens is 2. The normalized spacial score (nSPS) is 10.9. The first kappa shape index (κ1) is 17.8. The van der Waals surface area contributed by atoms with Crippen LogP contribution >= 0.6 is 0 Å². The van der Waals surface area contributed by atoms with E-state index in [1.807, 2.05) is 6.07 Å². The van der Waals surface area contributed by atoms with Crippen molar-refractivity contribution in [1.29, 1.82) is 0 Å². The third kappa shape index (κ3) is 3.00. The highest BCUT2D eigenvalue weighted by atomic mass is 19.1. The minimum absolute atomic E-state index is 0.229. The van der Waals surface area contributed by atoms with E-state index in [4.69, 9.17) is 4.74 Å². The largest absolute Gasteiger partial charge is 0.494 e. The zero-order valence-corrected chi connectivity index (χ0v) is 15.2. The van der Waals surface area contributed by atoms with Crippen LogP contribution in [0.5, 0.6) is 5.75 Å². The Morgan fingerprint density at radius 3 is 2.50 bits per heavy atom. The number of hydrogen-bond donors (Lipinski definition) is 1. The number of nitrogens with one attached hydrogen (secondary N) is 1. The van der Waals surface area contributed by atoms with Crippen LogP contribution < -0.4 is 10.1 Å². The molecule has 0 amide bonds. The molecule has 0 aliphatic rings. The summed E-state index contributed by atoms with van der Waals surface area (Å²) in [4.78, 5) is 13.3. The Morgan fingerprint density at radius 2 is 1.82 bits per heavy atom. The first-order chi connectivity index (χ1) is 13.6. The second-order valence-electron chi connectivity index (χ2n) is 6.05. The molecular weight excluding hydrogens is 362 g/mol. The molecule has 0 unspecified atom stereocenters. The molecule has 1 N–H and O–H groups in total. The Balaban J connectivity index is 2.02. The summed E-state index contributed by atoms with van der Waals surface area (Å²) in [7, 11) is 3.25. The number of fused-ring (bicyclic) bond motifs is 1. The number of hydrogen-bond acceptors (Lipinski definition) is 5. The molecule has 28 heavy (non-hydrogen) atoms. The second-order valence-corrected chi connectivity index (χ2v) is 6.05. The van der Waals surface area contributed by atoms with Gasteiger partial charge in [0.05, 0.1) is 7.11 Å². The fourth-order valence-electron chi connectivity index (χ4n) is 3.11. The first-order valence-electron chi connectivity index (χ1n) is 8.54. The number of benzene rings is 2. The van der Waals surface area contributed by atoms with E-state index in [1.165, 1.54) is 19.2 Å². The lowest BCUT2D eigenvalue weighted by atomic mass is 10.0. The third-order valence-electron chi connectivity index (χ3n) is 4.40. The minimum Gasteiger partial charge on any atom is -0.494 e. The maximum Gasteiger partial charge on any atom is 0.163 e. The van der Waals surface area contributed by atoms with Crippen molar-refractivity contribution in [1.82, 2.24) is 15.0 Å². The molecule has 2 heterocycles. The molecule has 5 nitrogen and oxygen atoms in total. The first-order valence-corrected chi connectivity index (χ1v) is 8.54. The molecule has 0 saturated carbocycles. The van der Waals surface area contributed by atoms with Gasteiger partial charge in [-0.2, -0.15) is 0 Å². The van der Waals surface area contributed by atoms with Gasteiger partial charge in [0.2, 0.25) is 0 Å². The van der Waals surface area contributed by atoms with Crippen LogP contribution in [0.3, 0.4) is 0 Å². The highest BCUT2D eigenvalue weighted by molar-refractivity contribution is 5.99. The molecule has 0 radical (unpaired) electrons. The summed E-state index contributed by atoms with van der Waals surface area (Å²) < 4.78 is 33.3. The van der Waals surface area contributed by atoms with Crippen LogP contribution in [0.2, 0.25) is 0 Å². The lowest BCUT2D eigenvalue weighted by Gasteiger charge is -2.15. The Hall–Kier alpha value is -3.61. The Morgan fingerprint density at radius 1 is 1.00 bits per heavy atom. The van der Waals surface area contributed by atoms with Crippen LogP contribution in [-0.4, -0.2) is 29.1 Å². The summed E-state index contributed by atoms with van der Waals surface area (Å²) in [5.41, 5.74) is 1.96. The molecule has 7 heteroatoms. The van der Waals surface area contributed by atoms with Gasteiger partial charge < -0.3 is 10.1 Å². The monoisotopic (exact) mass is 378 g/mol. The number of pyridine rings is 1. The van der Waals surface area contributed by atoms with E-state index in [2.05, 4.69) is 20.3 Å². The summed E-state index contributed by atoms with van der Waals surface area (Å²) in [5, 5.41) is 3.78. The van der Waals surface area contributed by atoms with Crippen LogP contribution in [-0.2, 0) is 0 Å². The number of ether oxygens (including phenoxy) is 1. The molecule has 0 spiro atoms. The van der Waals surface area contributed by atoms with E-state index in [9.17, 15) is 8.78 Å². The average molecular weight is 378 g/mol. The van der Waals surface area contributed by atoms with Gasteiger partial charge in [-0.25, -0.2) is 18.7 Å². The van der Waals surface area contributed by atoms with Gasteiger partial charge in [-0.15, -0.1) is 0 Å². The molecule has 4 rings (SSSR count). The summed E-state index contributed by atoms with van der Waals surface area (Å²) >= 11 is 0. The number of methoxy groups -OCH3 is 1. The van der Waals surface area contributed by atoms with Crippen molar-refractivity contribution in [2.24, 2.45) is 0 Å². The highest BCUT2D eigenvalue weighted by Crippen LogP contribution is 2.39. The standard InChI is InChI=1S/C21H16F2N4O/c1-24-21-16-8-7-15(14-6-5-13(22)10-17(14)23)19(28-2)18(16)26-20(27-21)12-4-3-9-25-11-12/h3-11H,1-2H3,(H,24,26,27). The van der Waals surface area contributed by atoms with Crippen LogP contribution in [0.1, 0.15) is 0 Å². The number of nitrogens with zero attached hydrogens (tertiary/aromatic N) is 3. The van der Waals surface area contributed by atoms with Crippen LogP contribution in [0.4, 0.5) is 14.6 Å². The van der Waals surface area contributed by atoms with Crippen molar-refractivity contribution < 1.29 is 13.5 Å². The molecule has 0 aliphatic carbocycles. The molecule has 2 aromatic heterocycles. The predicted octanol–water partition coefficient (Wildman–Crippen LogP) is 4.69. The van der Waals surface area contributed by atoms with Gasteiger partial charge >= 0.3 is 0 Å². The molecule has 140 valence electrons. The Bertz CT molecular complexity index is 1170. The summed E-state index contributed by atoms with van der Waals surface area (Å²) in [6.07, 6.45) is 3.33. The van der Waals surface area contributed by atoms with Crippen LogP contribution in [0.15, 0.2) is 54.9 Å². The molecule has 4 aromatic rings. The molecular formula is C21H16F2N4O. The smallest absolute Gasteiger partial charge is 0.163 e. The second kappa shape index (κ2) is 7.19. The van der Waals surface area contributed by atoms with Crippen LogP contribution in [0, 0.1) is 11.6 Å². The van der Waals surface area contributed by atoms with Crippen molar-refractivity contribution >= 4 is 16.7 Å². The maximum absolute atomic E-state index is 14.4. The fraction of sp³-hybridized carbons (Fsp3) is 0.0952. The van der Waals surface area contributed by atoms with Gasteiger partial charge in [-0.1, -0.05) is 0 Å². The van der Waals surface area contributed by atoms with E-state index >= 15 is 0 Å². The van der Waals surface area contributed by atoms with Crippen molar-refractivity contribution in [3.63, 3.8) is 0 Å². The lowest BCUT2D eigenvalue weighted by Crippen LogP contribution is -2.01. The average Bonchev–Trinajstić information content (AvgIpc) is 2.72. The van der Waals surface area contributed by atoms with Gasteiger partial charge in [0.1, 0.15) is 23.0 Å². The van der Waals surface area contributed by atoms with E-state index in [0.29, 0.717) is 28.5 Å². The van der Waals surface area contributed by atoms with E-state index in [0.717, 1.165) is 17.0 Å². The predicted molar refractivity (Wildman–Crippen MR) is 104 cm³/mol. The van der Waals surface area contributed by atoms with Gasteiger partial charge in [0.15, 0.2) is 11.6 Å². The number of rotatable bonds is 4. The highest BCUT2D eigenvalue weighted by Gasteiger charge is 2.18. The van der Waals surface area contributed by atoms with Crippen molar-refractivity contribution in [3.8, 4) is 28.3 Å². The third-order valence-corrected chi connectivity index (χ3v) is 4.40. The topological polar surface area (TPSA) is 59.9 Å². The number of aromatic nitrogens is 3. The minimum atomic E-state index is -0.673. The Kier molecular flexibility index (Phi) is 4.57. The lowest BCUT2D eigenvalue weighted by molar-refractivity contribution is 0.420. The quantitative estimate of drug-likeness (QED) is 0.558. The summed E-state index contributed by atoms with van der Waals surface area (Å²) in [5.74, 6) is 0.132. The van der Waals surface area contributed by atoms with Crippen LogP contribution in [0.25, 0.3) is 33.4 Å². The van der Waals surface area contributed by atoms with Gasteiger partial charge in [0.25, 0.3) is 0 Å². The van der Waals surface area contributed by atoms with Crippen molar-refractivity contribution in [2.45, 2.75) is 0 Å². The van der Waals surface area contributed by atoms with E-state index in [-0.39, 0.29) is 5.56 Å².